The molecule has 4 heterocycles. The first-order valence-electron chi connectivity index (χ1n) is 16.8. The molecule has 1 N–H and O–H groups in total. The molecule has 0 radical (unpaired) electrons. The second-order valence-corrected chi connectivity index (χ2v) is 14.2. The minimum Gasteiger partial charge on any atom is -0.490 e. The first kappa shape index (κ1) is 32.2. The second-order valence-electron chi connectivity index (χ2n) is 14.2. The lowest BCUT2D eigenvalue weighted by molar-refractivity contribution is -0.0350. The van der Waals surface area contributed by atoms with Crippen LogP contribution in [0.4, 0.5) is 10.2 Å². The normalized spacial score (nSPS) is 19.6. The highest BCUT2D eigenvalue weighted by molar-refractivity contribution is 5.97. The van der Waals surface area contributed by atoms with Crippen molar-refractivity contribution in [3.05, 3.63) is 65.6 Å². The number of carbonyl (C=O) groups excluding carboxylic acids is 1. The maximum atomic E-state index is 14.5. The Hall–Kier alpha value is -3.79. The van der Waals surface area contributed by atoms with Crippen molar-refractivity contribution in [1.29, 1.82) is 0 Å². The van der Waals surface area contributed by atoms with Gasteiger partial charge in [0.1, 0.15) is 29.7 Å². The molecule has 2 aromatic heterocycles. The number of benzene rings is 1. The number of ether oxygens (including phenoxy) is 2. The minimum absolute atomic E-state index is 0.0245. The number of hydrogen-bond donors (Lipinski definition) is 1. The molecule has 1 spiro atoms. The summed E-state index contributed by atoms with van der Waals surface area (Å²) >= 11 is 0. The van der Waals surface area contributed by atoms with Crippen LogP contribution in [0.5, 0.6) is 17.2 Å². The predicted molar refractivity (Wildman–Crippen MR) is 176 cm³/mol. The van der Waals surface area contributed by atoms with Crippen LogP contribution in [0.1, 0.15) is 88.8 Å². The molecule has 10 heteroatoms. The van der Waals surface area contributed by atoms with Gasteiger partial charge in [-0.3, -0.25) is 9.78 Å². The number of aromatic nitrogens is 3. The molecule has 1 saturated heterocycles. The van der Waals surface area contributed by atoms with Crippen LogP contribution in [0.2, 0.25) is 0 Å². The summed E-state index contributed by atoms with van der Waals surface area (Å²) in [4.78, 5) is 31.2. The Bertz CT molecular complexity index is 1560. The Morgan fingerprint density at radius 3 is 2.54 bits per heavy atom. The van der Waals surface area contributed by atoms with Gasteiger partial charge in [0.15, 0.2) is 11.6 Å². The third kappa shape index (κ3) is 6.28. The second kappa shape index (κ2) is 12.8. The number of anilines is 1. The standard InChI is InChI=1S/C34H41FN6O3.C2H6/c1-21(2)41(23-12-33(3,4)13-23)32(42)25-11-22(35)5-6-28(25)44-30-17-37-20-39-31(30)40-18-34(19-40)14-24(15-34)43-29-8-10-38-27-7-9-36-16-26(27)29;1-2/h5-6,8,10-11,17,20-21,23-24,36H,7,9,12-16,18-19H2,1-4H3;1-2H3. The van der Waals surface area contributed by atoms with Gasteiger partial charge in [0.2, 0.25) is 0 Å². The fourth-order valence-electron chi connectivity index (χ4n) is 7.66. The van der Waals surface area contributed by atoms with E-state index in [1.54, 1.807) is 6.20 Å². The van der Waals surface area contributed by atoms with Crippen LogP contribution >= 0.6 is 0 Å². The number of nitrogens with zero attached hydrogens (tertiary/aromatic N) is 5. The quantitative estimate of drug-likeness (QED) is 0.299. The molecule has 2 aliphatic carbocycles. The highest BCUT2D eigenvalue weighted by atomic mass is 19.1. The molecule has 2 aliphatic heterocycles. The van der Waals surface area contributed by atoms with E-state index in [-0.39, 0.29) is 40.5 Å². The van der Waals surface area contributed by atoms with Gasteiger partial charge in [-0.05, 0) is 69.2 Å². The molecule has 3 aromatic rings. The van der Waals surface area contributed by atoms with E-state index in [0.29, 0.717) is 17.3 Å². The summed E-state index contributed by atoms with van der Waals surface area (Å²) in [5, 5.41) is 3.42. The lowest BCUT2D eigenvalue weighted by Crippen LogP contribution is -2.65. The Morgan fingerprint density at radius 2 is 1.83 bits per heavy atom. The van der Waals surface area contributed by atoms with Crippen LogP contribution in [-0.4, -0.2) is 63.6 Å². The molecule has 2 saturated carbocycles. The third-order valence-electron chi connectivity index (χ3n) is 9.72. The van der Waals surface area contributed by atoms with Crippen molar-refractivity contribution in [2.24, 2.45) is 10.8 Å². The van der Waals surface area contributed by atoms with E-state index in [1.165, 1.54) is 30.1 Å². The van der Waals surface area contributed by atoms with Crippen molar-refractivity contribution in [2.45, 2.75) is 98.4 Å². The van der Waals surface area contributed by atoms with Crippen LogP contribution in [0.15, 0.2) is 43.0 Å². The van der Waals surface area contributed by atoms with Crippen LogP contribution in [0, 0.1) is 16.6 Å². The summed E-state index contributed by atoms with van der Waals surface area (Å²) in [6.45, 7) is 15.9. The van der Waals surface area contributed by atoms with Crippen molar-refractivity contribution >= 4 is 11.7 Å². The molecule has 0 unspecified atom stereocenters. The third-order valence-corrected chi connectivity index (χ3v) is 9.72. The van der Waals surface area contributed by atoms with Gasteiger partial charge >= 0.3 is 0 Å². The maximum Gasteiger partial charge on any atom is 0.258 e. The maximum absolute atomic E-state index is 14.5. The van der Waals surface area contributed by atoms with Crippen molar-refractivity contribution in [2.75, 3.05) is 24.5 Å². The summed E-state index contributed by atoms with van der Waals surface area (Å²) in [5.41, 5.74) is 2.92. The average Bonchev–Trinajstić information content (AvgIpc) is 2.99. The zero-order valence-electron chi connectivity index (χ0n) is 28.0. The molecule has 1 amide bonds. The molecule has 246 valence electrons. The molecule has 46 heavy (non-hydrogen) atoms. The van der Waals surface area contributed by atoms with Gasteiger partial charge in [0.25, 0.3) is 5.91 Å². The van der Waals surface area contributed by atoms with Gasteiger partial charge in [-0.2, -0.15) is 0 Å². The van der Waals surface area contributed by atoms with E-state index in [1.807, 2.05) is 44.9 Å². The highest BCUT2D eigenvalue weighted by Crippen LogP contribution is 2.52. The molecular weight excluding hydrogens is 583 g/mol. The molecule has 4 aliphatic rings. The number of hydrogen-bond acceptors (Lipinski definition) is 8. The largest absolute Gasteiger partial charge is 0.490 e. The van der Waals surface area contributed by atoms with Crippen molar-refractivity contribution < 1.29 is 18.7 Å². The van der Waals surface area contributed by atoms with E-state index >= 15 is 0 Å². The number of halogens is 1. The van der Waals surface area contributed by atoms with Gasteiger partial charge in [-0.25, -0.2) is 14.4 Å². The molecule has 0 atom stereocenters. The Balaban J connectivity index is 0.00000182. The lowest BCUT2D eigenvalue weighted by Gasteiger charge is -2.59. The lowest BCUT2D eigenvalue weighted by atomic mass is 9.61. The molecule has 0 bridgehead atoms. The fraction of sp³-hybridized carbons (Fsp3) is 0.556. The van der Waals surface area contributed by atoms with E-state index in [2.05, 4.69) is 39.0 Å². The summed E-state index contributed by atoms with van der Waals surface area (Å²) in [6.07, 6.45) is 9.90. The van der Waals surface area contributed by atoms with Crippen molar-refractivity contribution in [3.63, 3.8) is 0 Å². The molecule has 3 fully saturated rings. The smallest absolute Gasteiger partial charge is 0.258 e. The van der Waals surface area contributed by atoms with E-state index in [9.17, 15) is 9.18 Å². The summed E-state index contributed by atoms with van der Waals surface area (Å²) in [6, 6.07) is 6.22. The van der Waals surface area contributed by atoms with E-state index in [0.717, 1.165) is 69.7 Å². The van der Waals surface area contributed by atoms with Crippen LogP contribution in [-0.2, 0) is 13.0 Å². The number of rotatable bonds is 8. The van der Waals surface area contributed by atoms with Crippen molar-refractivity contribution in [1.82, 2.24) is 25.2 Å². The Labute approximate surface area is 271 Å². The summed E-state index contributed by atoms with van der Waals surface area (Å²) in [5.74, 6) is 1.69. The number of carbonyl (C=O) groups is 1. The summed E-state index contributed by atoms with van der Waals surface area (Å²) in [7, 11) is 0. The van der Waals surface area contributed by atoms with Gasteiger partial charge in [0.05, 0.1) is 11.8 Å². The number of amides is 1. The zero-order chi connectivity index (χ0) is 32.6. The number of nitrogens with one attached hydrogen (secondary N) is 1. The van der Waals surface area contributed by atoms with Crippen LogP contribution < -0.4 is 19.7 Å². The predicted octanol–water partition coefficient (Wildman–Crippen LogP) is 6.56. The van der Waals surface area contributed by atoms with Crippen LogP contribution in [0.3, 0.4) is 0 Å². The first-order chi connectivity index (χ1) is 22.1. The Kier molecular flexibility index (Phi) is 8.93. The monoisotopic (exact) mass is 630 g/mol. The van der Waals surface area contributed by atoms with Gasteiger partial charge in [0, 0.05) is 67.6 Å². The topological polar surface area (TPSA) is 92.7 Å². The molecular formula is C36H47FN6O3. The van der Waals surface area contributed by atoms with E-state index in [4.69, 9.17) is 9.47 Å². The van der Waals surface area contributed by atoms with Crippen molar-refractivity contribution in [3.8, 4) is 17.2 Å². The highest BCUT2D eigenvalue weighted by Gasteiger charge is 2.54. The fourth-order valence-corrected chi connectivity index (χ4v) is 7.66. The first-order valence-corrected chi connectivity index (χ1v) is 16.8. The number of pyridine rings is 1. The number of fused-ring (bicyclic) bond motifs is 1. The summed E-state index contributed by atoms with van der Waals surface area (Å²) < 4.78 is 27.3. The Morgan fingerprint density at radius 1 is 1.07 bits per heavy atom. The molecule has 9 nitrogen and oxygen atoms in total. The molecule has 7 rings (SSSR count). The van der Waals surface area contributed by atoms with Crippen LogP contribution in [0.25, 0.3) is 0 Å². The zero-order valence-corrected chi connectivity index (χ0v) is 28.0. The van der Waals surface area contributed by atoms with Gasteiger partial charge < -0.3 is 24.6 Å². The average molecular weight is 631 g/mol. The SMILES string of the molecule is CC.CC(C)N(C(=O)c1cc(F)ccc1Oc1cncnc1N1CC2(CC(Oc3ccnc4c3CNCC4)C2)C1)C1CC(C)(C)C1. The minimum atomic E-state index is -0.474. The van der Waals surface area contributed by atoms with Gasteiger partial charge in [-0.15, -0.1) is 0 Å². The molecule has 1 aromatic carbocycles. The van der Waals surface area contributed by atoms with E-state index < -0.39 is 5.82 Å². The van der Waals surface area contributed by atoms with Gasteiger partial charge in [-0.1, -0.05) is 27.7 Å².